The summed E-state index contributed by atoms with van der Waals surface area (Å²) in [7, 11) is 0. The molecule has 4 nitrogen and oxygen atoms in total. The standard InChI is InChI=1S/C20H20N2O2S/c1-13(2)24-17-10-8-16(9-11-17)19(23)22-20-21-18(12-25-20)15-6-4-14(3)5-7-15/h4-13H,1-3H3,(H,21,22,23). The van der Waals surface area contributed by atoms with E-state index in [4.69, 9.17) is 4.74 Å². The molecule has 0 fully saturated rings. The zero-order valence-corrected chi connectivity index (χ0v) is 15.3. The Labute approximate surface area is 151 Å². The van der Waals surface area contributed by atoms with Crippen molar-refractivity contribution >= 4 is 22.4 Å². The number of ether oxygens (including phenoxy) is 1. The van der Waals surface area contributed by atoms with Crippen LogP contribution in [0.4, 0.5) is 5.13 Å². The highest BCUT2D eigenvalue weighted by molar-refractivity contribution is 7.14. The number of amides is 1. The normalized spacial score (nSPS) is 10.7. The van der Waals surface area contributed by atoms with Crippen LogP contribution < -0.4 is 10.1 Å². The Hall–Kier alpha value is -2.66. The van der Waals surface area contributed by atoms with E-state index in [1.807, 2.05) is 50.4 Å². The highest BCUT2D eigenvalue weighted by Gasteiger charge is 2.10. The van der Waals surface area contributed by atoms with Crippen LogP contribution in [0.2, 0.25) is 0 Å². The number of nitrogens with zero attached hydrogens (tertiary/aromatic N) is 1. The number of thiazole rings is 1. The van der Waals surface area contributed by atoms with Gasteiger partial charge in [0.2, 0.25) is 0 Å². The van der Waals surface area contributed by atoms with E-state index in [1.165, 1.54) is 16.9 Å². The van der Waals surface area contributed by atoms with E-state index in [9.17, 15) is 4.79 Å². The summed E-state index contributed by atoms with van der Waals surface area (Å²) in [5, 5.41) is 5.38. The minimum Gasteiger partial charge on any atom is -0.491 e. The van der Waals surface area contributed by atoms with Crippen molar-refractivity contribution in [1.29, 1.82) is 0 Å². The van der Waals surface area contributed by atoms with Gasteiger partial charge in [0.15, 0.2) is 5.13 Å². The van der Waals surface area contributed by atoms with E-state index in [2.05, 4.69) is 10.3 Å². The van der Waals surface area contributed by atoms with Gasteiger partial charge in [-0.1, -0.05) is 29.8 Å². The Morgan fingerprint density at radius 1 is 1.08 bits per heavy atom. The number of benzene rings is 2. The van der Waals surface area contributed by atoms with Gasteiger partial charge in [-0.2, -0.15) is 0 Å². The fourth-order valence-electron chi connectivity index (χ4n) is 2.31. The van der Waals surface area contributed by atoms with Gasteiger partial charge in [-0.25, -0.2) is 4.98 Å². The first-order valence-electron chi connectivity index (χ1n) is 8.12. The van der Waals surface area contributed by atoms with Crippen molar-refractivity contribution in [3.63, 3.8) is 0 Å². The van der Waals surface area contributed by atoms with Gasteiger partial charge in [0.05, 0.1) is 11.8 Å². The first-order valence-corrected chi connectivity index (χ1v) is 9.00. The lowest BCUT2D eigenvalue weighted by Gasteiger charge is -2.09. The van der Waals surface area contributed by atoms with Gasteiger partial charge in [-0.3, -0.25) is 10.1 Å². The maximum absolute atomic E-state index is 12.4. The summed E-state index contributed by atoms with van der Waals surface area (Å²) in [5.74, 6) is 0.573. The predicted octanol–water partition coefficient (Wildman–Crippen LogP) is 5.16. The SMILES string of the molecule is Cc1ccc(-c2csc(NC(=O)c3ccc(OC(C)C)cc3)n2)cc1. The minimum atomic E-state index is -0.180. The van der Waals surface area contributed by atoms with E-state index in [0.717, 1.165) is 17.0 Å². The predicted molar refractivity (Wildman–Crippen MR) is 102 cm³/mol. The van der Waals surface area contributed by atoms with Crippen LogP contribution in [-0.4, -0.2) is 17.0 Å². The molecule has 0 saturated heterocycles. The molecule has 0 aliphatic rings. The lowest BCUT2D eigenvalue weighted by Crippen LogP contribution is -2.12. The smallest absolute Gasteiger partial charge is 0.257 e. The van der Waals surface area contributed by atoms with Crippen LogP contribution in [0.3, 0.4) is 0 Å². The van der Waals surface area contributed by atoms with Gasteiger partial charge in [-0.15, -0.1) is 11.3 Å². The Kier molecular flexibility index (Phi) is 5.14. The molecule has 5 heteroatoms. The van der Waals surface area contributed by atoms with Crippen molar-refractivity contribution in [1.82, 2.24) is 4.98 Å². The summed E-state index contributed by atoms with van der Waals surface area (Å²) < 4.78 is 5.59. The molecule has 1 N–H and O–H groups in total. The molecule has 0 aliphatic heterocycles. The van der Waals surface area contributed by atoms with Crippen molar-refractivity contribution in [2.75, 3.05) is 5.32 Å². The van der Waals surface area contributed by atoms with Crippen LogP contribution in [-0.2, 0) is 0 Å². The molecular formula is C20H20N2O2S. The Balaban J connectivity index is 1.68. The highest BCUT2D eigenvalue weighted by atomic mass is 32.1. The molecule has 2 aromatic carbocycles. The number of aryl methyl sites for hydroxylation is 1. The first-order chi connectivity index (χ1) is 12.0. The molecule has 0 aliphatic carbocycles. The van der Waals surface area contributed by atoms with Crippen LogP contribution in [0.25, 0.3) is 11.3 Å². The lowest BCUT2D eigenvalue weighted by molar-refractivity contribution is 0.102. The van der Waals surface area contributed by atoms with Crippen molar-refractivity contribution in [3.8, 4) is 17.0 Å². The molecule has 0 radical (unpaired) electrons. The third kappa shape index (κ3) is 4.45. The van der Waals surface area contributed by atoms with Crippen LogP contribution in [0.5, 0.6) is 5.75 Å². The average molecular weight is 352 g/mol. The molecule has 3 aromatic rings. The van der Waals surface area contributed by atoms with Gasteiger partial charge in [0.1, 0.15) is 5.75 Å². The Morgan fingerprint density at radius 2 is 1.76 bits per heavy atom. The van der Waals surface area contributed by atoms with Crippen LogP contribution >= 0.6 is 11.3 Å². The second-order valence-electron chi connectivity index (χ2n) is 6.05. The minimum absolute atomic E-state index is 0.107. The summed E-state index contributed by atoms with van der Waals surface area (Å²) in [4.78, 5) is 16.8. The second kappa shape index (κ2) is 7.49. The number of nitrogens with one attached hydrogen (secondary N) is 1. The van der Waals surface area contributed by atoms with Crippen molar-refractivity contribution in [2.45, 2.75) is 26.9 Å². The second-order valence-corrected chi connectivity index (χ2v) is 6.91. The molecule has 0 spiro atoms. The molecule has 1 heterocycles. The number of hydrogen-bond donors (Lipinski definition) is 1. The topological polar surface area (TPSA) is 51.2 Å². The average Bonchev–Trinajstić information content (AvgIpc) is 3.04. The van der Waals surface area contributed by atoms with E-state index in [0.29, 0.717) is 10.7 Å². The van der Waals surface area contributed by atoms with E-state index < -0.39 is 0 Å². The third-order valence-corrected chi connectivity index (χ3v) is 4.32. The highest BCUT2D eigenvalue weighted by Crippen LogP contribution is 2.25. The van der Waals surface area contributed by atoms with Crippen molar-refractivity contribution < 1.29 is 9.53 Å². The van der Waals surface area contributed by atoms with Crippen LogP contribution in [0.15, 0.2) is 53.9 Å². The summed E-state index contributed by atoms with van der Waals surface area (Å²) in [5.41, 5.74) is 3.68. The van der Waals surface area contributed by atoms with Crippen molar-refractivity contribution in [3.05, 3.63) is 65.0 Å². The fraction of sp³-hybridized carbons (Fsp3) is 0.200. The monoisotopic (exact) mass is 352 g/mol. The lowest BCUT2D eigenvalue weighted by atomic mass is 10.1. The zero-order chi connectivity index (χ0) is 17.8. The van der Waals surface area contributed by atoms with Crippen molar-refractivity contribution in [2.24, 2.45) is 0 Å². The zero-order valence-electron chi connectivity index (χ0n) is 14.4. The summed E-state index contributed by atoms with van der Waals surface area (Å²) in [6.45, 7) is 5.98. The van der Waals surface area contributed by atoms with Gasteiger partial charge >= 0.3 is 0 Å². The molecule has 0 bridgehead atoms. The summed E-state index contributed by atoms with van der Waals surface area (Å²) >= 11 is 1.42. The molecular weight excluding hydrogens is 332 g/mol. The number of carbonyl (C=O) groups is 1. The van der Waals surface area contributed by atoms with E-state index in [1.54, 1.807) is 24.3 Å². The van der Waals surface area contributed by atoms with Gasteiger partial charge in [-0.05, 0) is 45.0 Å². The third-order valence-electron chi connectivity index (χ3n) is 3.56. The van der Waals surface area contributed by atoms with Gasteiger partial charge in [0.25, 0.3) is 5.91 Å². The molecule has 128 valence electrons. The molecule has 1 amide bonds. The number of carbonyl (C=O) groups excluding carboxylic acids is 1. The summed E-state index contributed by atoms with van der Waals surface area (Å²) in [6, 6.07) is 15.3. The molecule has 25 heavy (non-hydrogen) atoms. The maximum atomic E-state index is 12.4. The molecule has 0 saturated carbocycles. The molecule has 0 atom stereocenters. The molecule has 0 unspecified atom stereocenters. The number of anilines is 1. The quantitative estimate of drug-likeness (QED) is 0.690. The number of hydrogen-bond acceptors (Lipinski definition) is 4. The molecule has 3 rings (SSSR count). The maximum Gasteiger partial charge on any atom is 0.257 e. The largest absolute Gasteiger partial charge is 0.491 e. The fourth-order valence-corrected chi connectivity index (χ4v) is 3.03. The Morgan fingerprint density at radius 3 is 2.40 bits per heavy atom. The van der Waals surface area contributed by atoms with E-state index >= 15 is 0 Å². The van der Waals surface area contributed by atoms with E-state index in [-0.39, 0.29) is 12.0 Å². The summed E-state index contributed by atoms with van der Waals surface area (Å²) in [6.07, 6.45) is 0.107. The van der Waals surface area contributed by atoms with Gasteiger partial charge in [0, 0.05) is 16.5 Å². The number of rotatable bonds is 5. The van der Waals surface area contributed by atoms with Crippen LogP contribution in [0.1, 0.15) is 29.8 Å². The Bertz CT molecular complexity index is 852. The molecule has 1 aromatic heterocycles. The van der Waals surface area contributed by atoms with Gasteiger partial charge < -0.3 is 4.74 Å². The number of aromatic nitrogens is 1. The van der Waals surface area contributed by atoms with Crippen LogP contribution in [0, 0.1) is 6.92 Å². The first kappa shape index (κ1) is 17.2.